The van der Waals surface area contributed by atoms with E-state index in [1.807, 2.05) is 4.90 Å². The lowest BCUT2D eigenvalue weighted by atomic mass is 9.90. The van der Waals surface area contributed by atoms with Crippen molar-refractivity contribution in [3.63, 3.8) is 0 Å². The van der Waals surface area contributed by atoms with Crippen LogP contribution in [0.5, 0.6) is 0 Å². The van der Waals surface area contributed by atoms with Gasteiger partial charge in [-0.05, 0) is 60.7 Å². The average Bonchev–Trinajstić information content (AvgIpc) is 3.10. The number of benzene rings is 2. The van der Waals surface area contributed by atoms with Crippen molar-refractivity contribution in [2.75, 3.05) is 25.0 Å². The van der Waals surface area contributed by atoms with Crippen LogP contribution >= 0.6 is 11.6 Å². The van der Waals surface area contributed by atoms with Crippen LogP contribution in [0.4, 0.5) is 10.1 Å². The van der Waals surface area contributed by atoms with Crippen molar-refractivity contribution in [3.8, 4) is 0 Å². The third kappa shape index (κ3) is 4.18. The van der Waals surface area contributed by atoms with Crippen LogP contribution in [0.15, 0.2) is 48.2 Å². The van der Waals surface area contributed by atoms with E-state index in [4.69, 9.17) is 11.6 Å². The fourth-order valence-electron chi connectivity index (χ4n) is 4.82. The van der Waals surface area contributed by atoms with Crippen molar-refractivity contribution in [1.82, 2.24) is 20.9 Å². The Kier molecular flexibility index (Phi) is 5.76. The maximum absolute atomic E-state index is 13.7. The second-order valence-corrected chi connectivity index (χ2v) is 9.13. The number of amides is 1. The number of hydrogen-bond acceptors (Lipinski definition) is 5. The molecule has 6 nitrogen and oxygen atoms in total. The Bertz CT molecular complexity index is 1180. The monoisotopic (exact) mass is 467 g/mol. The number of nitrogens with one attached hydrogen (secondary N) is 3. The summed E-state index contributed by atoms with van der Waals surface area (Å²) in [5.41, 5.74) is 14.2. The number of carbonyl (C=O) groups is 1. The normalized spacial score (nSPS) is 20.0. The molecule has 0 aromatic heterocycles. The number of allylic oxidation sites excluding steroid dienone is 1. The van der Waals surface area contributed by atoms with Crippen LogP contribution in [0.3, 0.4) is 0 Å². The lowest BCUT2D eigenvalue weighted by Crippen LogP contribution is -2.37. The Morgan fingerprint density at radius 1 is 1.21 bits per heavy atom. The quantitative estimate of drug-likeness (QED) is 0.611. The van der Waals surface area contributed by atoms with Gasteiger partial charge in [0.15, 0.2) is 0 Å². The minimum absolute atomic E-state index is 0.0205. The number of carbonyl (C=O) groups excluding carboxylic acids is 1. The highest BCUT2D eigenvalue weighted by atomic mass is 35.5. The average molecular weight is 468 g/mol. The molecule has 3 heterocycles. The predicted molar refractivity (Wildman–Crippen MR) is 129 cm³/mol. The summed E-state index contributed by atoms with van der Waals surface area (Å²) < 4.78 is 13.7. The molecule has 0 saturated carbocycles. The molecule has 2 aromatic carbocycles. The minimum atomic E-state index is -0.425. The summed E-state index contributed by atoms with van der Waals surface area (Å²) in [6.45, 7) is 5.86. The smallest absolute Gasteiger partial charge is 0.219 e. The van der Waals surface area contributed by atoms with Gasteiger partial charge in [-0.15, -0.1) is 5.53 Å². The molecule has 0 saturated heterocycles. The lowest BCUT2D eigenvalue weighted by Gasteiger charge is -2.26. The van der Waals surface area contributed by atoms with Crippen LogP contribution < -0.4 is 16.3 Å². The van der Waals surface area contributed by atoms with Crippen LogP contribution in [-0.4, -0.2) is 35.5 Å². The van der Waals surface area contributed by atoms with Crippen molar-refractivity contribution in [1.29, 1.82) is 0 Å². The summed E-state index contributed by atoms with van der Waals surface area (Å²) in [5.74, 6) is -0.315. The number of nitrogens with zero attached hydrogens (tertiary/aromatic N) is 2. The Morgan fingerprint density at radius 3 is 2.79 bits per heavy atom. The highest BCUT2D eigenvalue weighted by Crippen LogP contribution is 2.39. The fraction of sp³-hybridized carbons (Fsp3) is 0.320. The molecule has 3 aliphatic rings. The van der Waals surface area contributed by atoms with E-state index >= 15 is 0 Å². The van der Waals surface area contributed by atoms with Gasteiger partial charge >= 0.3 is 0 Å². The topological polar surface area (TPSA) is 59.6 Å². The Hall–Kier alpha value is -3.03. The van der Waals surface area contributed by atoms with Crippen molar-refractivity contribution < 1.29 is 9.18 Å². The highest BCUT2D eigenvalue weighted by Gasteiger charge is 2.31. The molecule has 0 spiro atoms. The maximum Gasteiger partial charge on any atom is 0.219 e. The molecule has 1 unspecified atom stereocenters. The molecule has 33 heavy (non-hydrogen) atoms. The largest absolute Gasteiger partial charge is 0.378 e. The number of halogens is 2. The molecule has 1 amide bonds. The van der Waals surface area contributed by atoms with Crippen LogP contribution in [0.2, 0.25) is 5.02 Å². The second-order valence-electron chi connectivity index (χ2n) is 8.72. The van der Waals surface area contributed by atoms with Gasteiger partial charge in [0.2, 0.25) is 5.91 Å². The lowest BCUT2D eigenvalue weighted by molar-refractivity contribution is -0.128. The van der Waals surface area contributed by atoms with Gasteiger partial charge in [-0.3, -0.25) is 9.80 Å². The summed E-state index contributed by atoms with van der Waals surface area (Å²) >= 11 is 6.04. The zero-order valence-corrected chi connectivity index (χ0v) is 19.5. The summed E-state index contributed by atoms with van der Waals surface area (Å²) in [4.78, 5) is 13.6. The molecule has 1 atom stereocenters. The van der Waals surface area contributed by atoms with E-state index in [1.54, 1.807) is 19.1 Å². The van der Waals surface area contributed by atoms with Crippen LogP contribution in [-0.2, 0) is 4.79 Å². The van der Waals surface area contributed by atoms with Gasteiger partial charge in [0.25, 0.3) is 0 Å². The van der Waals surface area contributed by atoms with Gasteiger partial charge < -0.3 is 15.6 Å². The van der Waals surface area contributed by atoms with E-state index in [9.17, 15) is 9.18 Å². The number of hydrazine groups is 2. The van der Waals surface area contributed by atoms with E-state index in [0.717, 1.165) is 48.6 Å². The fourth-order valence-corrected chi connectivity index (χ4v) is 5.00. The third-order valence-electron chi connectivity index (χ3n) is 6.61. The molecular formula is C25H27ClFN5O. The molecule has 2 aromatic rings. The number of rotatable bonds is 3. The van der Waals surface area contributed by atoms with Gasteiger partial charge in [-0.25, -0.2) is 4.39 Å². The van der Waals surface area contributed by atoms with E-state index in [1.165, 1.54) is 22.8 Å². The van der Waals surface area contributed by atoms with E-state index < -0.39 is 5.82 Å². The third-order valence-corrected chi connectivity index (χ3v) is 6.90. The summed E-state index contributed by atoms with van der Waals surface area (Å²) in [5, 5.41) is 5.82. The highest BCUT2D eigenvalue weighted by molar-refractivity contribution is 6.31. The van der Waals surface area contributed by atoms with Gasteiger partial charge in [-0.2, -0.15) is 0 Å². The summed E-state index contributed by atoms with van der Waals surface area (Å²) in [7, 11) is 0. The molecule has 0 fully saturated rings. The first kappa shape index (κ1) is 21.8. The number of anilines is 1. The first-order valence-corrected chi connectivity index (χ1v) is 11.6. The molecule has 0 bridgehead atoms. The molecule has 3 aliphatic heterocycles. The first-order valence-electron chi connectivity index (χ1n) is 11.2. The molecule has 172 valence electrons. The van der Waals surface area contributed by atoms with Crippen LogP contribution in [0.1, 0.15) is 49.4 Å². The van der Waals surface area contributed by atoms with Crippen molar-refractivity contribution >= 4 is 34.5 Å². The zero-order valence-electron chi connectivity index (χ0n) is 18.7. The van der Waals surface area contributed by atoms with Crippen LogP contribution in [0.25, 0.3) is 11.3 Å². The zero-order chi connectivity index (χ0) is 23.1. The van der Waals surface area contributed by atoms with Gasteiger partial charge in [-0.1, -0.05) is 29.8 Å². The summed E-state index contributed by atoms with van der Waals surface area (Å²) in [6.07, 6.45) is 3.83. The Labute approximate surface area is 198 Å². The van der Waals surface area contributed by atoms with E-state index in [-0.39, 0.29) is 17.0 Å². The van der Waals surface area contributed by atoms with E-state index in [0.29, 0.717) is 6.54 Å². The number of hydrogen-bond donors (Lipinski definition) is 3. The van der Waals surface area contributed by atoms with Gasteiger partial charge in [0, 0.05) is 37.8 Å². The van der Waals surface area contributed by atoms with E-state index in [2.05, 4.69) is 52.5 Å². The number of fused-ring (bicyclic) bond motifs is 3. The molecule has 0 radical (unpaired) electrons. The van der Waals surface area contributed by atoms with Gasteiger partial charge in [0.1, 0.15) is 5.82 Å². The predicted octanol–water partition coefficient (Wildman–Crippen LogP) is 4.68. The second kappa shape index (κ2) is 8.72. The van der Waals surface area contributed by atoms with Crippen molar-refractivity contribution in [2.24, 2.45) is 0 Å². The van der Waals surface area contributed by atoms with Crippen molar-refractivity contribution in [3.05, 3.63) is 75.7 Å². The molecule has 0 aliphatic carbocycles. The Balaban J connectivity index is 1.54. The van der Waals surface area contributed by atoms with Gasteiger partial charge in [0.05, 0.1) is 22.5 Å². The molecule has 8 heteroatoms. The van der Waals surface area contributed by atoms with Crippen LogP contribution in [0, 0.1) is 5.82 Å². The minimum Gasteiger partial charge on any atom is -0.378 e. The summed E-state index contributed by atoms with van der Waals surface area (Å²) in [6, 6.07) is 11.4. The molecule has 5 rings (SSSR count). The SMILES string of the molecule is CC(=O)N1CC=C(c2ccc3c(c2)C(Nc2ccc(F)c(Cl)c2)CCN2NNC(C)=C32)CC1. The molecule has 3 N–H and O–H groups in total. The standard InChI is InChI=1S/C25H27ClFN5O/c1-15-25-20-5-3-18(17-7-10-31(11-8-17)16(2)33)13-21(20)24(9-12-32(25)30-29-15)28-19-4-6-23(27)22(26)14-19/h3-7,13-14,24,28-30H,8-12H2,1-2H3. The van der Waals surface area contributed by atoms with Crippen molar-refractivity contribution in [2.45, 2.75) is 32.7 Å². The molecular weight excluding hydrogens is 441 g/mol. The Morgan fingerprint density at radius 2 is 2.06 bits per heavy atom. The maximum atomic E-state index is 13.7. The first-order chi connectivity index (χ1) is 15.9.